The van der Waals surface area contributed by atoms with Crippen LogP contribution in [0.25, 0.3) is 0 Å². The molecular weight excluding hydrogens is 181 g/mol. The summed E-state index contributed by atoms with van der Waals surface area (Å²) >= 11 is 0. The average molecular weight is 189 g/mol. The zero-order valence-corrected chi connectivity index (χ0v) is 8.06. The Morgan fingerprint density at radius 1 is 1.64 bits per heavy atom. The molecule has 7 heteroatoms. The molecule has 0 atom stereocenters. The van der Waals surface area contributed by atoms with Crippen molar-refractivity contribution in [1.82, 2.24) is 10.1 Å². The van der Waals surface area contributed by atoms with E-state index in [0.717, 1.165) is 0 Å². The van der Waals surface area contributed by atoms with Gasteiger partial charge in [-0.2, -0.15) is 4.98 Å². The molecule has 0 bridgehead atoms. The van der Waals surface area contributed by atoms with Crippen LogP contribution in [0.4, 0.5) is 6.01 Å². The average Bonchev–Trinajstić information content (AvgIpc) is 2.31. The number of nitrogens with zero attached hydrogens (tertiary/aromatic N) is 3. The zero-order valence-electron chi connectivity index (χ0n) is 8.06. The second-order valence-corrected chi connectivity index (χ2v) is 3.05. The molecule has 0 radical (unpaired) electrons. The molecule has 1 fully saturated rings. The Bertz CT molecular complexity index is 335. The maximum absolute atomic E-state index is 10.4. The van der Waals surface area contributed by atoms with Crippen LogP contribution in [-0.2, 0) is 4.79 Å². The summed E-state index contributed by atoms with van der Waals surface area (Å²) in [7, 11) is 0. The maximum atomic E-state index is 10.4. The molecule has 70 valence electrons. The van der Waals surface area contributed by atoms with Crippen LogP contribution < -0.4 is 28.9 Å². The molecule has 2 rings (SSSR count). The maximum Gasteiger partial charge on any atom is 1.00 e. The van der Waals surface area contributed by atoms with E-state index in [1.54, 1.807) is 11.8 Å². The minimum atomic E-state index is -1.02. The van der Waals surface area contributed by atoms with Crippen LogP contribution >= 0.6 is 0 Å². The van der Waals surface area contributed by atoms with Gasteiger partial charge >= 0.3 is 24.9 Å². The molecule has 0 N–H and O–H groups in total. The molecule has 1 saturated heterocycles. The molecule has 2 heterocycles. The number of rotatable bonds is 2. The number of hydrogen-bond acceptors (Lipinski definition) is 6. The van der Waals surface area contributed by atoms with Crippen LogP contribution in [0, 0.1) is 12.8 Å². The fraction of sp³-hybridized carbons (Fsp3) is 0.571. The van der Waals surface area contributed by atoms with E-state index in [2.05, 4.69) is 10.1 Å². The topological polar surface area (TPSA) is 82.3 Å². The van der Waals surface area contributed by atoms with Crippen LogP contribution in [0.1, 0.15) is 5.82 Å². The third kappa shape index (κ3) is 1.91. The van der Waals surface area contributed by atoms with Crippen molar-refractivity contribution in [1.29, 1.82) is 0 Å². The molecule has 1 aromatic rings. The summed E-state index contributed by atoms with van der Waals surface area (Å²) in [5.41, 5.74) is 0. The molecule has 0 unspecified atom stereocenters. The number of aryl methyl sites for hydroxylation is 1. The van der Waals surface area contributed by atoms with Crippen molar-refractivity contribution in [3.05, 3.63) is 5.82 Å². The molecule has 0 aliphatic carbocycles. The summed E-state index contributed by atoms with van der Waals surface area (Å²) in [6.07, 6.45) is 0. The van der Waals surface area contributed by atoms with Gasteiger partial charge in [0.05, 0.1) is 0 Å². The molecule has 1 aromatic heterocycles. The summed E-state index contributed by atoms with van der Waals surface area (Å²) in [6.45, 7) is 2.50. The van der Waals surface area contributed by atoms with Crippen molar-refractivity contribution in [3.63, 3.8) is 0 Å². The summed E-state index contributed by atoms with van der Waals surface area (Å²) in [4.78, 5) is 16.0. The van der Waals surface area contributed by atoms with Gasteiger partial charge in [-0.25, -0.2) is 0 Å². The predicted octanol–water partition coefficient (Wildman–Crippen LogP) is -4.43. The van der Waals surface area contributed by atoms with Crippen molar-refractivity contribution in [3.8, 4) is 0 Å². The van der Waals surface area contributed by atoms with Gasteiger partial charge in [0.15, 0.2) is 5.82 Å². The summed E-state index contributed by atoms with van der Waals surface area (Å²) < 4.78 is 4.85. The van der Waals surface area contributed by atoms with Gasteiger partial charge in [-0.15, -0.1) is 0 Å². The number of carboxylic acid groups (broad SMARTS) is 1. The molecule has 0 aromatic carbocycles. The van der Waals surface area contributed by atoms with Crippen molar-refractivity contribution in [2.45, 2.75) is 6.92 Å². The Balaban J connectivity index is 0.000000980. The van der Waals surface area contributed by atoms with Crippen LogP contribution in [-0.4, -0.2) is 29.2 Å². The Kier molecular flexibility index (Phi) is 3.19. The monoisotopic (exact) mass is 189 g/mol. The van der Waals surface area contributed by atoms with Crippen molar-refractivity contribution >= 4 is 12.0 Å². The number of hydrogen-bond donors (Lipinski definition) is 0. The first-order valence-electron chi connectivity index (χ1n) is 3.93. The SMILES string of the molecule is Cc1noc(N2CC(C(=O)[O-])C2)n1.[Li+]. The van der Waals surface area contributed by atoms with Crippen LogP contribution in [0.5, 0.6) is 0 Å². The quantitative estimate of drug-likeness (QED) is 0.436. The van der Waals surface area contributed by atoms with E-state index in [9.17, 15) is 9.90 Å². The molecule has 1 aliphatic rings. The zero-order chi connectivity index (χ0) is 9.42. The van der Waals surface area contributed by atoms with Crippen molar-refractivity contribution in [2.75, 3.05) is 18.0 Å². The smallest absolute Gasteiger partial charge is 0.550 e. The first-order valence-corrected chi connectivity index (χ1v) is 3.93. The largest absolute Gasteiger partial charge is 1.00 e. The summed E-state index contributed by atoms with van der Waals surface area (Å²) in [6, 6.07) is 0.384. The first-order chi connectivity index (χ1) is 6.16. The van der Waals surface area contributed by atoms with Crippen LogP contribution in [0.2, 0.25) is 0 Å². The second-order valence-electron chi connectivity index (χ2n) is 3.05. The number of carboxylic acids is 1. The molecule has 14 heavy (non-hydrogen) atoms. The van der Waals surface area contributed by atoms with Gasteiger partial charge in [-0.05, 0) is 6.92 Å². The van der Waals surface area contributed by atoms with Crippen molar-refractivity contribution in [2.24, 2.45) is 5.92 Å². The van der Waals surface area contributed by atoms with E-state index >= 15 is 0 Å². The van der Waals surface area contributed by atoms with Gasteiger partial charge in [-0.1, -0.05) is 5.16 Å². The third-order valence-corrected chi connectivity index (χ3v) is 2.00. The normalized spacial score (nSPS) is 15.9. The number of carbonyl (C=O) groups is 1. The van der Waals surface area contributed by atoms with E-state index in [1.165, 1.54) is 0 Å². The molecule has 0 spiro atoms. The summed E-state index contributed by atoms with van der Waals surface area (Å²) in [5.74, 6) is -0.883. The van der Waals surface area contributed by atoms with Crippen LogP contribution in [0.3, 0.4) is 0 Å². The van der Waals surface area contributed by atoms with Crippen LogP contribution in [0.15, 0.2) is 4.52 Å². The van der Waals surface area contributed by atoms with Gasteiger partial charge in [-0.3, -0.25) is 0 Å². The predicted molar refractivity (Wildman–Crippen MR) is 39.7 cm³/mol. The van der Waals surface area contributed by atoms with E-state index in [0.29, 0.717) is 24.9 Å². The van der Waals surface area contributed by atoms with E-state index in [1.807, 2.05) is 0 Å². The van der Waals surface area contributed by atoms with Gasteiger partial charge < -0.3 is 19.3 Å². The van der Waals surface area contributed by atoms with Crippen molar-refractivity contribution < 1.29 is 33.3 Å². The molecule has 0 saturated carbocycles. The second kappa shape index (κ2) is 4.03. The first kappa shape index (κ1) is 11.1. The fourth-order valence-corrected chi connectivity index (χ4v) is 1.20. The minimum absolute atomic E-state index is 0. The molecule has 6 nitrogen and oxygen atoms in total. The van der Waals surface area contributed by atoms with Gasteiger partial charge in [0, 0.05) is 25.0 Å². The Morgan fingerprint density at radius 3 is 2.71 bits per heavy atom. The number of aliphatic carboxylic acids is 1. The molecular formula is C7H8LiN3O3. The van der Waals surface area contributed by atoms with E-state index in [-0.39, 0.29) is 18.9 Å². The van der Waals surface area contributed by atoms with Gasteiger partial charge in [0.2, 0.25) is 0 Å². The Labute approximate surface area is 92.4 Å². The van der Waals surface area contributed by atoms with E-state index < -0.39 is 11.9 Å². The minimum Gasteiger partial charge on any atom is -0.550 e. The Hall–Kier alpha value is -0.993. The summed E-state index contributed by atoms with van der Waals surface area (Å²) in [5, 5.41) is 14.0. The standard InChI is InChI=1S/C7H9N3O3.Li/c1-4-8-7(13-9-4)10-2-5(3-10)6(11)12;/h5H,2-3H2,1H3,(H,11,12);/q;+1/p-1. The third-order valence-electron chi connectivity index (χ3n) is 2.00. The Morgan fingerprint density at radius 2 is 2.29 bits per heavy atom. The number of anilines is 1. The molecule has 0 amide bonds. The molecule has 1 aliphatic heterocycles. The van der Waals surface area contributed by atoms with Gasteiger partial charge in [0.25, 0.3) is 0 Å². The number of carbonyl (C=O) groups excluding carboxylic acids is 1. The fourth-order valence-electron chi connectivity index (χ4n) is 1.20. The van der Waals surface area contributed by atoms with E-state index in [4.69, 9.17) is 4.52 Å². The van der Waals surface area contributed by atoms with Gasteiger partial charge in [0.1, 0.15) is 0 Å². The number of aromatic nitrogens is 2.